The number of hydrogen-bond donors (Lipinski definition) is 0. The zero-order valence-corrected chi connectivity index (χ0v) is 17.0. The van der Waals surface area contributed by atoms with Gasteiger partial charge in [0.05, 0.1) is 10.6 Å². The molecule has 6 heteroatoms. The zero-order valence-electron chi connectivity index (χ0n) is 16.2. The molecule has 1 aliphatic heterocycles. The fourth-order valence-corrected chi connectivity index (χ4v) is 3.96. The third-order valence-electron chi connectivity index (χ3n) is 4.70. The summed E-state index contributed by atoms with van der Waals surface area (Å²) in [6, 6.07) is 11.8. The van der Waals surface area contributed by atoms with Gasteiger partial charge < -0.3 is 9.30 Å². The Hall–Kier alpha value is -2.31. The van der Waals surface area contributed by atoms with E-state index in [0.717, 1.165) is 28.5 Å². The van der Waals surface area contributed by atoms with Crippen LogP contribution in [0.25, 0.3) is 6.08 Å². The fourth-order valence-electron chi connectivity index (χ4n) is 2.94. The van der Waals surface area contributed by atoms with Crippen molar-refractivity contribution in [1.82, 2.24) is 9.47 Å². The first-order valence-electron chi connectivity index (χ1n) is 8.98. The van der Waals surface area contributed by atoms with Crippen LogP contribution in [0.4, 0.5) is 5.69 Å². The molecule has 0 saturated carbocycles. The molecule has 1 aromatic heterocycles. The normalized spacial score (nSPS) is 17.5. The van der Waals surface area contributed by atoms with Crippen LogP contribution in [0.2, 0.25) is 0 Å². The van der Waals surface area contributed by atoms with Gasteiger partial charge in [0.2, 0.25) is 0 Å². The van der Waals surface area contributed by atoms with Crippen LogP contribution in [0, 0.1) is 13.8 Å². The highest BCUT2D eigenvalue weighted by Crippen LogP contribution is 2.35. The summed E-state index contributed by atoms with van der Waals surface area (Å²) in [5.41, 5.74) is 4.24. The van der Waals surface area contributed by atoms with Crippen LogP contribution in [-0.4, -0.2) is 40.8 Å². The quantitative estimate of drug-likeness (QED) is 0.552. The number of nitrogens with zero attached hydrogens (tertiary/aromatic N) is 3. The molecule has 3 rings (SSSR count). The summed E-state index contributed by atoms with van der Waals surface area (Å²) >= 11 is 1.44. The number of carbonyl (C=O) groups is 1. The van der Waals surface area contributed by atoms with E-state index in [-0.39, 0.29) is 5.91 Å². The van der Waals surface area contributed by atoms with E-state index in [1.165, 1.54) is 17.5 Å². The number of aliphatic imine (C=N–C) groups is 1. The maximum absolute atomic E-state index is 13.0. The number of benzene rings is 1. The summed E-state index contributed by atoms with van der Waals surface area (Å²) in [5.74, 6) is 0.00619. The number of para-hydroxylation sites is 1. The lowest BCUT2D eigenvalue weighted by Crippen LogP contribution is -2.30. The molecule has 1 amide bonds. The number of ether oxygens (including phenoxy) is 1. The van der Waals surface area contributed by atoms with Gasteiger partial charge in [-0.1, -0.05) is 18.2 Å². The van der Waals surface area contributed by atoms with Gasteiger partial charge in [-0.25, -0.2) is 4.99 Å². The Morgan fingerprint density at radius 2 is 1.96 bits per heavy atom. The van der Waals surface area contributed by atoms with Crippen molar-refractivity contribution in [2.45, 2.75) is 20.3 Å². The molecule has 2 heterocycles. The number of thioether (sulfide) groups is 1. The third-order valence-corrected chi connectivity index (χ3v) is 5.71. The van der Waals surface area contributed by atoms with Crippen LogP contribution in [0.15, 0.2) is 46.3 Å². The fraction of sp³-hybridized carbons (Fsp3) is 0.333. The molecular formula is C21H25N3O2S. The van der Waals surface area contributed by atoms with Gasteiger partial charge in [-0.2, -0.15) is 0 Å². The highest BCUT2D eigenvalue weighted by atomic mass is 32.2. The van der Waals surface area contributed by atoms with Crippen LogP contribution < -0.4 is 0 Å². The van der Waals surface area contributed by atoms with Gasteiger partial charge in [-0.3, -0.25) is 9.69 Å². The smallest absolute Gasteiger partial charge is 0.266 e. The number of amidine groups is 1. The number of carbonyl (C=O) groups excluding carboxylic acids is 1. The maximum Gasteiger partial charge on any atom is 0.266 e. The molecule has 5 nitrogen and oxygen atoms in total. The minimum absolute atomic E-state index is 0.00619. The average molecular weight is 384 g/mol. The number of aromatic nitrogens is 1. The zero-order chi connectivity index (χ0) is 19.4. The van der Waals surface area contributed by atoms with Gasteiger partial charge in [0.15, 0.2) is 5.17 Å². The SMILES string of the molecule is COCCCN1C(=O)/C(=C/c2cc(C)n(C)c2C)SC1=Nc1ccccc1. The largest absolute Gasteiger partial charge is 0.385 e. The molecule has 27 heavy (non-hydrogen) atoms. The van der Waals surface area contributed by atoms with Gasteiger partial charge in [0.25, 0.3) is 5.91 Å². The second kappa shape index (κ2) is 8.59. The lowest BCUT2D eigenvalue weighted by atomic mass is 10.2. The lowest BCUT2D eigenvalue weighted by Gasteiger charge is -2.15. The molecule has 0 bridgehead atoms. The molecule has 142 valence electrons. The molecule has 0 atom stereocenters. The number of aryl methyl sites for hydroxylation is 1. The second-order valence-electron chi connectivity index (χ2n) is 6.53. The van der Waals surface area contributed by atoms with Crippen molar-refractivity contribution < 1.29 is 9.53 Å². The summed E-state index contributed by atoms with van der Waals surface area (Å²) in [4.78, 5) is 20.2. The Labute approximate surface area is 164 Å². The molecule has 0 aliphatic carbocycles. The monoisotopic (exact) mass is 383 g/mol. The minimum Gasteiger partial charge on any atom is -0.385 e. The summed E-state index contributed by atoms with van der Waals surface area (Å²) in [5, 5.41) is 0.721. The van der Waals surface area contributed by atoms with Crippen LogP contribution in [0.1, 0.15) is 23.4 Å². The Bertz CT molecular complexity index is 884. The van der Waals surface area contributed by atoms with Gasteiger partial charge in [-0.15, -0.1) is 0 Å². The molecular weight excluding hydrogens is 358 g/mol. The lowest BCUT2D eigenvalue weighted by molar-refractivity contribution is -0.122. The van der Waals surface area contributed by atoms with Gasteiger partial charge >= 0.3 is 0 Å². The Morgan fingerprint density at radius 1 is 1.22 bits per heavy atom. The van der Waals surface area contributed by atoms with E-state index in [0.29, 0.717) is 18.1 Å². The molecule has 0 radical (unpaired) electrons. The molecule has 1 fully saturated rings. The molecule has 1 aliphatic rings. The molecule has 0 spiro atoms. The second-order valence-corrected chi connectivity index (χ2v) is 7.54. The van der Waals surface area contributed by atoms with Crippen molar-refractivity contribution in [2.75, 3.05) is 20.3 Å². The average Bonchev–Trinajstić information content (AvgIpc) is 3.08. The predicted octanol–water partition coefficient (Wildman–Crippen LogP) is 4.28. The first-order chi connectivity index (χ1) is 13.0. The summed E-state index contributed by atoms with van der Waals surface area (Å²) in [6.07, 6.45) is 2.75. The van der Waals surface area contributed by atoms with Gasteiger partial charge in [0.1, 0.15) is 0 Å². The molecule has 0 unspecified atom stereocenters. The molecule has 2 aromatic rings. The van der Waals surface area contributed by atoms with Crippen molar-refractivity contribution in [2.24, 2.45) is 12.0 Å². The highest BCUT2D eigenvalue weighted by Gasteiger charge is 2.33. The molecule has 1 saturated heterocycles. The van der Waals surface area contributed by atoms with E-state index >= 15 is 0 Å². The van der Waals surface area contributed by atoms with Gasteiger partial charge in [0, 0.05) is 38.7 Å². The molecule has 0 N–H and O–H groups in total. The summed E-state index contributed by atoms with van der Waals surface area (Å²) in [6.45, 7) is 5.34. The standard InChI is InChI=1S/C21H25N3O2S/c1-15-13-17(16(2)23(15)3)14-19-20(25)24(11-8-12-26-4)21(27-19)22-18-9-6-5-7-10-18/h5-7,9-10,13-14H,8,11-12H2,1-4H3/b19-14-,22-21?. The summed E-state index contributed by atoms with van der Waals surface area (Å²) in [7, 11) is 3.71. The Kier molecular flexibility index (Phi) is 6.19. The predicted molar refractivity (Wildman–Crippen MR) is 112 cm³/mol. The van der Waals surface area contributed by atoms with Crippen LogP contribution in [-0.2, 0) is 16.6 Å². The first kappa shape index (κ1) is 19.5. The molecule has 1 aromatic carbocycles. The van der Waals surface area contributed by atoms with Crippen molar-refractivity contribution >= 4 is 34.6 Å². The minimum atomic E-state index is 0.00619. The van der Waals surface area contributed by atoms with E-state index in [2.05, 4.69) is 24.5 Å². The number of amides is 1. The van der Waals surface area contributed by atoms with Crippen LogP contribution in [0.5, 0.6) is 0 Å². The summed E-state index contributed by atoms with van der Waals surface area (Å²) < 4.78 is 7.27. The van der Waals surface area contributed by atoms with Crippen LogP contribution >= 0.6 is 11.8 Å². The van der Waals surface area contributed by atoms with Crippen molar-refractivity contribution in [3.05, 3.63) is 58.3 Å². The van der Waals surface area contributed by atoms with E-state index in [4.69, 9.17) is 9.73 Å². The Morgan fingerprint density at radius 3 is 2.59 bits per heavy atom. The van der Waals surface area contributed by atoms with E-state index < -0.39 is 0 Å². The topological polar surface area (TPSA) is 46.8 Å². The highest BCUT2D eigenvalue weighted by molar-refractivity contribution is 8.18. The number of rotatable bonds is 6. The van der Waals surface area contributed by atoms with Crippen molar-refractivity contribution in [3.8, 4) is 0 Å². The van der Waals surface area contributed by atoms with Crippen molar-refractivity contribution in [3.63, 3.8) is 0 Å². The number of hydrogen-bond acceptors (Lipinski definition) is 4. The van der Waals surface area contributed by atoms with Gasteiger partial charge in [-0.05, 0) is 61.9 Å². The van der Waals surface area contributed by atoms with Crippen molar-refractivity contribution in [1.29, 1.82) is 0 Å². The van der Waals surface area contributed by atoms with E-state index in [1.807, 2.05) is 43.5 Å². The Balaban J connectivity index is 1.93. The maximum atomic E-state index is 13.0. The van der Waals surface area contributed by atoms with Crippen LogP contribution in [0.3, 0.4) is 0 Å². The van der Waals surface area contributed by atoms with E-state index in [9.17, 15) is 4.79 Å². The first-order valence-corrected chi connectivity index (χ1v) is 9.80. The number of methoxy groups -OCH3 is 1. The van der Waals surface area contributed by atoms with E-state index in [1.54, 1.807) is 12.0 Å². The third kappa shape index (κ3) is 4.34.